The minimum atomic E-state index is -1.07. The highest BCUT2D eigenvalue weighted by atomic mass is 32.1. The Kier molecular flexibility index (Phi) is 4.77. The van der Waals surface area contributed by atoms with Crippen molar-refractivity contribution in [1.29, 1.82) is 0 Å². The molecule has 0 saturated heterocycles. The van der Waals surface area contributed by atoms with Crippen LogP contribution in [0.25, 0.3) is 20.9 Å². The van der Waals surface area contributed by atoms with Gasteiger partial charge in [-0.15, -0.1) is 0 Å². The molecule has 0 bridgehead atoms. The van der Waals surface area contributed by atoms with Crippen molar-refractivity contribution >= 4 is 27.7 Å². The zero-order valence-electron chi connectivity index (χ0n) is 18.0. The second kappa shape index (κ2) is 7.85. The number of rotatable bonds is 6. The molecule has 3 heterocycles. The third-order valence-corrected chi connectivity index (χ3v) is 7.37. The number of fused-ring (bicyclic) bond motifs is 1. The summed E-state index contributed by atoms with van der Waals surface area (Å²) in [6, 6.07) is 19.3. The van der Waals surface area contributed by atoms with E-state index in [0.29, 0.717) is 16.1 Å². The molecule has 1 saturated carbocycles. The molecule has 1 aliphatic carbocycles. The number of aromatic carboxylic acids is 1. The largest absolute Gasteiger partial charge is 0.477 e. The Bertz CT molecular complexity index is 1540. The Labute approximate surface area is 198 Å². The maximum atomic E-state index is 15.1. The van der Waals surface area contributed by atoms with Gasteiger partial charge in [0.05, 0.1) is 18.2 Å². The van der Waals surface area contributed by atoms with Gasteiger partial charge in [0.25, 0.3) is 0 Å². The Morgan fingerprint density at radius 3 is 2.65 bits per heavy atom. The van der Waals surface area contributed by atoms with Crippen LogP contribution in [0.2, 0.25) is 0 Å². The van der Waals surface area contributed by atoms with Gasteiger partial charge in [-0.25, -0.2) is 24.1 Å². The number of benzene rings is 2. The molecular formula is C26H19FN4O2S. The first-order valence-electron chi connectivity index (χ1n) is 10.9. The Morgan fingerprint density at radius 1 is 1.09 bits per heavy atom. The Morgan fingerprint density at radius 2 is 1.91 bits per heavy atom. The van der Waals surface area contributed by atoms with Crippen molar-refractivity contribution in [2.75, 3.05) is 0 Å². The van der Waals surface area contributed by atoms with Crippen molar-refractivity contribution in [2.45, 2.75) is 24.8 Å². The number of nitrogens with zero attached hydrogens (tertiary/aromatic N) is 4. The first-order valence-corrected chi connectivity index (χ1v) is 11.7. The fourth-order valence-electron chi connectivity index (χ4n) is 4.43. The monoisotopic (exact) mass is 470 g/mol. The molecule has 1 fully saturated rings. The average molecular weight is 471 g/mol. The number of pyridine rings is 1. The van der Waals surface area contributed by atoms with Crippen LogP contribution in [-0.4, -0.2) is 30.6 Å². The molecule has 0 radical (unpaired) electrons. The summed E-state index contributed by atoms with van der Waals surface area (Å²) >= 11 is 1.38. The fourth-order valence-corrected chi connectivity index (χ4v) is 5.39. The van der Waals surface area contributed by atoms with Crippen LogP contribution in [0.5, 0.6) is 0 Å². The highest BCUT2D eigenvalue weighted by molar-refractivity contribution is 7.21. The van der Waals surface area contributed by atoms with Crippen molar-refractivity contribution < 1.29 is 14.3 Å². The molecule has 6 nitrogen and oxygen atoms in total. The fraction of sp³-hybridized carbons (Fsp3) is 0.154. The molecule has 0 atom stereocenters. The number of carbonyl (C=O) groups is 1. The summed E-state index contributed by atoms with van der Waals surface area (Å²) in [5, 5.41) is 9.81. The van der Waals surface area contributed by atoms with Gasteiger partial charge < -0.3 is 9.67 Å². The van der Waals surface area contributed by atoms with Crippen molar-refractivity contribution in [3.8, 4) is 10.6 Å². The van der Waals surface area contributed by atoms with E-state index in [1.54, 1.807) is 12.1 Å². The number of thiazole rings is 1. The molecular weight excluding hydrogens is 451 g/mol. The lowest BCUT2D eigenvalue weighted by molar-refractivity contribution is 0.0685. The summed E-state index contributed by atoms with van der Waals surface area (Å²) in [5.41, 5.74) is 4.13. The molecule has 3 aromatic heterocycles. The number of carboxylic acid groups (broad SMARTS) is 1. The van der Waals surface area contributed by atoms with Crippen LogP contribution in [0.3, 0.4) is 0 Å². The van der Waals surface area contributed by atoms with E-state index in [1.807, 2.05) is 18.2 Å². The van der Waals surface area contributed by atoms with Crippen LogP contribution in [0.15, 0.2) is 73.2 Å². The van der Waals surface area contributed by atoms with Gasteiger partial charge in [0, 0.05) is 17.5 Å². The van der Waals surface area contributed by atoms with E-state index >= 15 is 4.39 Å². The van der Waals surface area contributed by atoms with Crippen molar-refractivity contribution in [1.82, 2.24) is 19.5 Å². The zero-order valence-corrected chi connectivity index (χ0v) is 18.8. The van der Waals surface area contributed by atoms with Gasteiger partial charge in [-0.2, -0.15) is 0 Å². The van der Waals surface area contributed by atoms with Gasteiger partial charge in [0.2, 0.25) is 0 Å². The molecule has 168 valence electrons. The molecule has 8 heteroatoms. The van der Waals surface area contributed by atoms with Gasteiger partial charge in [-0.3, -0.25) is 0 Å². The summed E-state index contributed by atoms with van der Waals surface area (Å²) < 4.78 is 16.5. The molecule has 0 amide bonds. The number of imidazole rings is 1. The van der Waals surface area contributed by atoms with Crippen LogP contribution < -0.4 is 0 Å². The molecule has 0 unspecified atom stereocenters. The van der Waals surface area contributed by atoms with Crippen LogP contribution in [-0.2, 0) is 12.0 Å². The SMILES string of the molecule is O=C(O)c1cncn1Cc1ccc(-c2nc3ccc(C4(c5ccccc5)CC4)nc3s2)c(F)c1. The van der Waals surface area contributed by atoms with E-state index in [9.17, 15) is 9.90 Å². The maximum absolute atomic E-state index is 15.1. The topological polar surface area (TPSA) is 80.9 Å². The lowest BCUT2D eigenvalue weighted by atomic mass is 9.92. The first-order chi connectivity index (χ1) is 16.5. The van der Waals surface area contributed by atoms with E-state index in [4.69, 9.17) is 4.98 Å². The van der Waals surface area contributed by atoms with E-state index in [2.05, 4.69) is 34.2 Å². The van der Waals surface area contributed by atoms with E-state index in [-0.39, 0.29) is 17.7 Å². The summed E-state index contributed by atoms with van der Waals surface area (Å²) in [7, 11) is 0. The van der Waals surface area contributed by atoms with Crippen molar-refractivity contribution in [3.05, 3.63) is 102 Å². The normalized spacial score (nSPS) is 14.4. The second-order valence-electron chi connectivity index (χ2n) is 8.51. The molecule has 6 rings (SSSR count). The maximum Gasteiger partial charge on any atom is 0.354 e. The van der Waals surface area contributed by atoms with Crippen molar-refractivity contribution in [2.24, 2.45) is 0 Å². The first kappa shape index (κ1) is 20.7. The molecule has 0 spiro atoms. The van der Waals surface area contributed by atoms with Gasteiger partial charge in [-0.1, -0.05) is 47.7 Å². The third kappa shape index (κ3) is 3.47. The highest BCUT2D eigenvalue weighted by Crippen LogP contribution is 2.53. The van der Waals surface area contributed by atoms with Gasteiger partial charge in [0.1, 0.15) is 26.9 Å². The smallest absolute Gasteiger partial charge is 0.354 e. The van der Waals surface area contributed by atoms with Crippen LogP contribution >= 0.6 is 11.3 Å². The van der Waals surface area contributed by atoms with E-state index in [0.717, 1.165) is 28.9 Å². The molecule has 1 aliphatic rings. The van der Waals surface area contributed by atoms with Crippen LogP contribution in [0.1, 0.15) is 40.2 Å². The standard InChI is InChI=1S/C26H19FN4O2S/c27-19-12-16(14-31-15-28-13-21(31)25(32)33)6-7-18(19)23-29-20-8-9-22(30-24(20)34-23)26(10-11-26)17-4-2-1-3-5-17/h1-9,12-13,15H,10-11,14H2,(H,32,33). The predicted octanol–water partition coefficient (Wildman–Crippen LogP) is 5.52. The summed E-state index contributed by atoms with van der Waals surface area (Å²) in [6.07, 6.45) is 4.84. The lowest BCUT2D eigenvalue weighted by Crippen LogP contribution is -2.10. The van der Waals surface area contributed by atoms with Gasteiger partial charge >= 0.3 is 5.97 Å². The minimum absolute atomic E-state index is 0.0331. The second-order valence-corrected chi connectivity index (χ2v) is 9.49. The quantitative estimate of drug-likeness (QED) is 0.353. The average Bonchev–Trinajstić information content (AvgIpc) is 3.33. The van der Waals surface area contributed by atoms with Crippen LogP contribution in [0, 0.1) is 5.82 Å². The van der Waals surface area contributed by atoms with E-state index in [1.165, 1.54) is 40.1 Å². The number of hydrogen-bond acceptors (Lipinski definition) is 5. The number of hydrogen-bond donors (Lipinski definition) is 1. The Hall–Kier alpha value is -3.91. The van der Waals surface area contributed by atoms with Crippen LogP contribution in [0.4, 0.5) is 4.39 Å². The number of aromatic nitrogens is 4. The molecule has 0 aliphatic heterocycles. The highest BCUT2D eigenvalue weighted by Gasteiger charge is 2.47. The number of halogens is 1. The lowest BCUT2D eigenvalue weighted by Gasteiger charge is -2.14. The zero-order chi connectivity index (χ0) is 23.3. The molecule has 5 aromatic rings. The summed E-state index contributed by atoms with van der Waals surface area (Å²) in [5.74, 6) is -1.48. The van der Waals surface area contributed by atoms with E-state index < -0.39 is 11.8 Å². The summed E-state index contributed by atoms with van der Waals surface area (Å²) in [6.45, 7) is 0.213. The molecule has 1 N–H and O–H groups in total. The summed E-state index contributed by atoms with van der Waals surface area (Å²) in [4.78, 5) is 25.5. The number of carboxylic acids is 1. The van der Waals surface area contributed by atoms with Crippen molar-refractivity contribution in [3.63, 3.8) is 0 Å². The minimum Gasteiger partial charge on any atom is -0.477 e. The third-order valence-electron chi connectivity index (χ3n) is 6.37. The van der Waals surface area contributed by atoms with Gasteiger partial charge in [-0.05, 0) is 48.2 Å². The van der Waals surface area contributed by atoms with Gasteiger partial charge in [0.15, 0.2) is 0 Å². The predicted molar refractivity (Wildman–Crippen MR) is 128 cm³/mol. The Balaban J connectivity index is 1.31. The molecule has 2 aromatic carbocycles. The molecule has 34 heavy (non-hydrogen) atoms.